The first-order valence-electron chi connectivity index (χ1n) is 2.44. The molecule has 1 atom stereocenters. The molecule has 2 nitrogen and oxygen atoms in total. The van der Waals surface area contributed by atoms with Crippen LogP contribution in [0.25, 0.3) is 0 Å². The Hall–Kier alpha value is -0.500. The Morgan fingerprint density at radius 2 is 2.57 bits per heavy atom. The van der Waals surface area contributed by atoms with E-state index in [9.17, 15) is 0 Å². The zero-order valence-corrected chi connectivity index (χ0v) is 4.09. The Balaban J connectivity index is 2.50. The molecule has 0 amide bonds. The minimum Gasteiger partial charge on any atom is -0.513 e. The van der Waals surface area contributed by atoms with Gasteiger partial charge in [-0.2, -0.15) is 0 Å². The molecule has 0 fully saturated rings. The second-order valence-electron chi connectivity index (χ2n) is 1.86. The van der Waals surface area contributed by atoms with Crippen LogP contribution >= 0.6 is 0 Å². The number of hydrogen-bond donors (Lipinski definition) is 2. The number of rotatable bonds is 0. The third-order valence-corrected chi connectivity index (χ3v) is 1.14. The molecule has 1 rings (SSSR count). The monoisotopic (exact) mass is 99.1 g/mol. The van der Waals surface area contributed by atoms with Crippen molar-refractivity contribution < 1.29 is 5.11 Å². The maximum absolute atomic E-state index is 8.68. The maximum Gasteiger partial charge on any atom is 0.0899 e. The first kappa shape index (κ1) is 4.65. The lowest BCUT2D eigenvalue weighted by atomic mass is 10.3. The van der Waals surface area contributed by atoms with Crippen molar-refractivity contribution in [3.63, 3.8) is 0 Å². The number of aliphatic hydroxyl groups excluding tert-OH is 1. The molecule has 7 heavy (non-hydrogen) atoms. The number of aliphatic hydroxyl groups is 1. The van der Waals surface area contributed by atoms with E-state index in [-0.39, 0.29) is 6.04 Å². The summed E-state index contributed by atoms with van der Waals surface area (Å²) in [6.07, 6.45) is 3.37. The van der Waals surface area contributed by atoms with Crippen LogP contribution in [-0.4, -0.2) is 11.1 Å². The van der Waals surface area contributed by atoms with Gasteiger partial charge in [0.15, 0.2) is 0 Å². The van der Waals surface area contributed by atoms with Gasteiger partial charge in [0.25, 0.3) is 0 Å². The quantitative estimate of drug-likeness (QED) is 0.466. The zero-order valence-electron chi connectivity index (χ0n) is 4.09. The third kappa shape index (κ3) is 0.933. The molecule has 0 radical (unpaired) electrons. The minimum absolute atomic E-state index is 0.111. The summed E-state index contributed by atoms with van der Waals surface area (Å²) in [5, 5.41) is 8.68. The fourth-order valence-electron chi connectivity index (χ4n) is 0.728. The van der Waals surface area contributed by atoms with Crippen molar-refractivity contribution in [3.05, 3.63) is 11.8 Å². The molecule has 1 aliphatic carbocycles. The van der Waals surface area contributed by atoms with Gasteiger partial charge in [-0.05, 0) is 12.5 Å². The van der Waals surface area contributed by atoms with E-state index in [2.05, 4.69) is 0 Å². The Morgan fingerprint density at radius 1 is 1.86 bits per heavy atom. The summed E-state index contributed by atoms with van der Waals surface area (Å²) in [5.74, 6) is 0.451. The molecule has 0 aromatic carbocycles. The highest BCUT2D eigenvalue weighted by molar-refractivity contribution is 5.05. The van der Waals surface area contributed by atoms with E-state index >= 15 is 0 Å². The summed E-state index contributed by atoms with van der Waals surface area (Å²) < 4.78 is 0. The van der Waals surface area contributed by atoms with E-state index in [0.717, 1.165) is 12.8 Å². The van der Waals surface area contributed by atoms with E-state index in [1.165, 1.54) is 0 Å². The highest BCUT2D eigenvalue weighted by atomic mass is 16.3. The Kier molecular flexibility index (Phi) is 1.02. The van der Waals surface area contributed by atoms with Crippen molar-refractivity contribution in [2.45, 2.75) is 18.9 Å². The molecular formula is C5H9NO. The number of allylic oxidation sites excluding steroid dienone is 1. The minimum atomic E-state index is 0.111. The summed E-state index contributed by atoms with van der Waals surface area (Å²) in [7, 11) is 0. The summed E-state index contributed by atoms with van der Waals surface area (Å²) in [5.41, 5.74) is 5.39. The van der Waals surface area contributed by atoms with Crippen LogP contribution in [0.1, 0.15) is 12.8 Å². The van der Waals surface area contributed by atoms with E-state index in [0.29, 0.717) is 5.76 Å². The van der Waals surface area contributed by atoms with Crippen LogP contribution in [0.15, 0.2) is 11.8 Å². The fraction of sp³-hybridized carbons (Fsp3) is 0.600. The Labute approximate surface area is 42.6 Å². The second-order valence-corrected chi connectivity index (χ2v) is 1.86. The van der Waals surface area contributed by atoms with Gasteiger partial charge in [0.1, 0.15) is 0 Å². The summed E-state index contributed by atoms with van der Waals surface area (Å²) in [4.78, 5) is 0. The lowest BCUT2D eigenvalue weighted by molar-refractivity contribution is 0.397. The van der Waals surface area contributed by atoms with Gasteiger partial charge in [-0.25, -0.2) is 0 Å². The van der Waals surface area contributed by atoms with Crippen molar-refractivity contribution in [2.24, 2.45) is 5.73 Å². The van der Waals surface area contributed by atoms with Gasteiger partial charge in [0.05, 0.1) is 5.76 Å². The van der Waals surface area contributed by atoms with Gasteiger partial charge in [0.2, 0.25) is 0 Å². The van der Waals surface area contributed by atoms with Gasteiger partial charge in [0, 0.05) is 12.5 Å². The molecule has 0 heterocycles. The van der Waals surface area contributed by atoms with Crippen LogP contribution in [0.4, 0.5) is 0 Å². The average Bonchev–Trinajstić information content (AvgIpc) is 1.87. The summed E-state index contributed by atoms with van der Waals surface area (Å²) in [6.45, 7) is 0. The van der Waals surface area contributed by atoms with Crippen LogP contribution in [0, 0.1) is 0 Å². The molecule has 40 valence electrons. The lowest BCUT2D eigenvalue weighted by Crippen LogP contribution is -2.11. The number of nitrogens with two attached hydrogens (primary N) is 1. The topological polar surface area (TPSA) is 46.2 Å². The van der Waals surface area contributed by atoms with Gasteiger partial charge in [-0.15, -0.1) is 0 Å². The SMILES string of the molecule is N[C@@H]1C=C(O)CC1. The number of hydrogen-bond acceptors (Lipinski definition) is 2. The molecule has 3 N–H and O–H groups in total. The van der Waals surface area contributed by atoms with Crippen molar-refractivity contribution in [3.8, 4) is 0 Å². The zero-order chi connectivity index (χ0) is 5.28. The molecule has 2 heteroatoms. The lowest BCUT2D eigenvalue weighted by Gasteiger charge is -1.89. The third-order valence-electron chi connectivity index (χ3n) is 1.14. The van der Waals surface area contributed by atoms with E-state index < -0.39 is 0 Å². The molecule has 0 aromatic rings. The molecule has 0 aromatic heterocycles. The average molecular weight is 99.1 g/mol. The first-order valence-corrected chi connectivity index (χ1v) is 2.44. The van der Waals surface area contributed by atoms with Gasteiger partial charge in [-0.1, -0.05) is 0 Å². The van der Waals surface area contributed by atoms with Gasteiger partial charge >= 0.3 is 0 Å². The van der Waals surface area contributed by atoms with Crippen LogP contribution < -0.4 is 5.73 Å². The predicted octanol–water partition coefficient (Wildman–Crippen LogP) is 0.549. The smallest absolute Gasteiger partial charge is 0.0899 e. The molecule has 0 saturated carbocycles. The molecule has 1 aliphatic rings. The molecule has 0 aliphatic heterocycles. The maximum atomic E-state index is 8.68. The van der Waals surface area contributed by atoms with Crippen molar-refractivity contribution in [2.75, 3.05) is 0 Å². The second kappa shape index (κ2) is 1.54. The fourth-order valence-corrected chi connectivity index (χ4v) is 0.728. The van der Waals surface area contributed by atoms with Crippen molar-refractivity contribution >= 4 is 0 Å². The Morgan fingerprint density at radius 3 is 2.71 bits per heavy atom. The molecule has 0 unspecified atom stereocenters. The van der Waals surface area contributed by atoms with Crippen LogP contribution in [0.3, 0.4) is 0 Å². The molecule has 0 saturated heterocycles. The van der Waals surface area contributed by atoms with Crippen molar-refractivity contribution in [1.29, 1.82) is 0 Å². The van der Waals surface area contributed by atoms with E-state index in [1.807, 2.05) is 0 Å². The largest absolute Gasteiger partial charge is 0.513 e. The first-order chi connectivity index (χ1) is 3.29. The molecular weight excluding hydrogens is 90.1 g/mol. The van der Waals surface area contributed by atoms with Gasteiger partial charge < -0.3 is 10.8 Å². The van der Waals surface area contributed by atoms with Crippen molar-refractivity contribution in [1.82, 2.24) is 0 Å². The summed E-state index contributed by atoms with van der Waals surface area (Å²) in [6, 6.07) is 0.111. The predicted molar refractivity (Wildman–Crippen MR) is 27.9 cm³/mol. The normalized spacial score (nSPS) is 30.4. The van der Waals surface area contributed by atoms with Crippen LogP contribution in [-0.2, 0) is 0 Å². The van der Waals surface area contributed by atoms with E-state index in [4.69, 9.17) is 10.8 Å². The molecule has 0 bridgehead atoms. The van der Waals surface area contributed by atoms with Gasteiger partial charge in [-0.3, -0.25) is 0 Å². The Bertz CT molecular complexity index is 98.3. The molecule has 0 spiro atoms. The summed E-state index contributed by atoms with van der Waals surface area (Å²) >= 11 is 0. The van der Waals surface area contributed by atoms with Crippen LogP contribution in [0.5, 0.6) is 0 Å². The highest BCUT2D eigenvalue weighted by Crippen LogP contribution is 2.12. The highest BCUT2D eigenvalue weighted by Gasteiger charge is 2.08. The van der Waals surface area contributed by atoms with Crippen LogP contribution in [0.2, 0.25) is 0 Å². The van der Waals surface area contributed by atoms with E-state index in [1.54, 1.807) is 6.08 Å². The standard InChI is InChI=1S/C5H9NO/c6-4-1-2-5(7)3-4/h3-4,7H,1-2,6H2/t4-/m0/s1.